The number of hydrogen-bond donors (Lipinski definition) is 3. The van der Waals surface area contributed by atoms with Gasteiger partial charge in [-0.2, -0.15) is 13.2 Å². The van der Waals surface area contributed by atoms with Crippen LogP contribution in [-0.2, 0) is 0 Å². The van der Waals surface area contributed by atoms with Crippen molar-refractivity contribution in [2.75, 3.05) is 11.9 Å². The highest BCUT2D eigenvalue weighted by molar-refractivity contribution is 9.10. The smallest absolute Gasteiger partial charge is 0.382 e. The van der Waals surface area contributed by atoms with Crippen molar-refractivity contribution in [1.82, 2.24) is 5.32 Å². The lowest BCUT2D eigenvalue weighted by Crippen LogP contribution is -2.42. The first-order valence-electron chi connectivity index (χ1n) is 4.95. The number of amides is 2. The number of hydrogen-bond acceptors (Lipinski definition) is 2. The molecule has 0 saturated heterocycles. The first-order chi connectivity index (χ1) is 8.70. The van der Waals surface area contributed by atoms with Crippen molar-refractivity contribution < 1.29 is 23.1 Å². The van der Waals surface area contributed by atoms with Crippen LogP contribution in [0.15, 0.2) is 22.7 Å². The first-order valence-corrected chi connectivity index (χ1v) is 6.12. The van der Waals surface area contributed by atoms with E-state index in [0.717, 1.165) is 0 Å². The van der Waals surface area contributed by atoms with E-state index in [1.807, 2.05) is 5.32 Å². The molecular formula is C10H9BrClF3N2O2. The number of halogens is 5. The molecule has 9 heteroatoms. The number of rotatable bonds is 3. The standard InChI is InChI=1S/C10H9BrClF3N2O2/c11-5-1-2-7(6(12)3-5)17-9(19)16-4-8(18)10(13,14)15/h1-3,8,18H,4H2,(H2,16,17,19). The fourth-order valence-electron chi connectivity index (χ4n) is 1.06. The van der Waals surface area contributed by atoms with Gasteiger partial charge in [0.2, 0.25) is 0 Å². The maximum atomic E-state index is 12.0. The first kappa shape index (κ1) is 16.1. The number of alkyl halides is 3. The zero-order valence-corrected chi connectivity index (χ0v) is 11.6. The molecule has 0 saturated carbocycles. The number of aliphatic hydroxyl groups excluding tert-OH is 1. The Morgan fingerprint density at radius 3 is 2.63 bits per heavy atom. The molecule has 1 rings (SSSR count). The monoisotopic (exact) mass is 360 g/mol. The summed E-state index contributed by atoms with van der Waals surface area (Å²) in [7, 11) is 0. The molecule has 0 spiro atoms. The minimum absolute atomic E-state index is 0.223. The van der Waals surface area contributed by atoms with Crippen molar-refractivity contribution in [2.45, 2.75) is 12.3 Å². The lowest BCUT2D eigenvalue weighted by Gasteiger charge is -2.15. The highest BCUT2D eigenvalue weighted by Gasteiger charge is 2.38. The molecule has 0 heterocycles. The van der Waals surface area contributed by atoms with Gasteiger partial charge in [0.05, 0.1) is 17.3 Å². The third-order valence-corrected chi connectivity index (χ3v) is 2.82. The minimum Gasteiger partial charge on any atom is -0.382 e. The van der Waals surface area contributed by atoms with Crippen LogP contribution < -0.4 is 10.6 Å². The van der Waals surface area contributed by atoms with Crippen LogP contribution in [0.3, 0.4) is 0 Å². The Kier molecular flexibility index (Phi) is 5.45. The second-order valence-corrected chi connectivity index (χ2v) is 4.84. The summed E-state index contributed by atoms with van der Waals surface area (Å²) in [5, 5.41) is 13.1. The highest BCUT2D eigenvalue weighted by atomic mass is 79.9. The van der Waals surface area contributed by atoms with Crippen LogP contribution in [0.5, 0.6) is 0 Å². The molecule has 0 aromatic heterocycles. The van der Waals surface area contributed by atoms with Gasteiger partial charge in [0.25, 0.3) is 0 Å². The average Bonchev–Trinajstić information content (AvgIpc) is 2.28. The molecule has 2 amide bonds. The van der Waals surface area contributed by atoms with Gasteiger partial charge in [-0.15, -0.1) is 0 Å². The van der Waals surface area contributed by atoms with E-state index in [-0.39, 0.29) is 10.7 Å². The molecule has 1 aromatic carbocycles. The molecule has 19 heavy (non-hydrogen) atoms. The molecule has 0 bridgehead atoms. The van der Waals surface area contributed by atoms with Crippen molar-refractivity contribution in [3.05, 3.63) is 27.7 Å². The Morgan fingerprint density at radius 1 is 1.47 bits per heavy atom. The summed E-state index contributed by atoms with van der Waals surface area (Å²) in [6.45, 7) is -0.941. The van der Waals surface area contributed by atoms with Crippen LogP contribution in [0.2, 0.25) is 5.02 Å². The van der Waals surface area contributed by atoms with Crippen molar-refractivity contribution in [3.8, 4) is 0 Å². The van der Waals surface area contributed by atoms with E-state index in [2.05, 4.69) is 21.2 Å². The third-order valence-electron chi connectivity index (χ3n) is 2.01. The van der Waals surface area contributed by atoms with Crippen LogP contribution in [0, 0.1) is 0 Å². The van der Waals surface area contributed by atoms with Gasteiger partial charge in [-0.1, -0.05) is 27.5 Å². The second kappa shape index (κ2) is 6.44. The lowest BCUT2D eigenvalue weighted by molar-refractivity contribution is -0.201. The number of nitrogens with one attached hydrogen (secondary N) is 2. The van der Waals surface area contributed by atoms with Gasteiger partial charge in [-0.05, 0) is 18.2 Å². The van der Waals surface area contributed by atoms with Crippen LogP contribution in [-0.4, -0.2) is 30.0 Å². The average molecular weight is 362 g/mol. The summed E-state index contributed by atoms with van der Waals surface area (Å²) in [4.78, 5) is 11.3. The van der Waals surface area contributed by atoms with E-state index < -0.39 is 24.9 Å². The zero-order valence-electron chi connectivity index (χ0n) is 9.26. The number of anilines is 1. The van der Waals surface area contributed by atoms with E-state index >= 15 is 0 Å². The Balaban J connectivity index is 2.52. The predicted octanol–water partition coefficient (Wildman–Crippen LogP) is 3.15. The molecule has 0 aliphatic heterocycles. The zero-order chi connectivity index (χ0) is 14.6. The van der Waals surface area contributed by atoms with Crippen molar-refractivity contribution in [3.63, 3.8) is 0 Å². The molecule has 4 nitrogen and oxygen atoms in total. The van der Waals surface area contributed by atoms with Crippen LogP contribution in [0.4, 0.5) is 23.7 Å². The Labute approximate surface area is 120 Å². The topological polar surface area (TPSA) is 61.4 Å². The molecule has 0 fully saturated rings. The summed E-state index contributed by atoms with van der Waals surface area (Å²) >= 11 is 8.97. The van der Waals surface area contributed by atoms with Crippen molar-refractivity contribution >= 4 is 39.2 Å². The Morgan fingerprint density at radius 2 is 2.11 bits per heavy atom. The van der Waals surface area contributed by atoms with E-state index in [9.17, 15) is 18.0 Å². The Hall–Kier alpha value is -0.990. The van der Waals surface area contributed by atoms with E-state index in [4.69, 9.17) is 16.7 Å². The maximum absolute atomic E-state index is 12.0. The van der Waals surface area contributed by atoms with Crippen LogP contribution in [0.25, 0.3) is 0 Å². The normalized spacial score (nSPS) is 12.9. The van der Waals surface area contributed by atoms with Gasteiger partial charge in [-0.25, -0.2) is 4.79 Å². The van der Waals surface area contributed by atoms with Gasteiger partial charge in [0.1, 0.15) is 0 Å². The second-order valence-electron chi connectivity index (χ2n) is 3.52. The van der Waals surface area contributed by atoms with Gasteiger partial charge >= 0.3 is 12.2 Å². The quantitative estimate of drug-likeness (QED) is 0.774. The fraction of sp³-hybridized carbons (Fsp3) is 0.300. The van der Waals surface area contributed by atoms with Crippen molar-refractivity contribution in [1.29, 1.82) is 0 Å². The summed E-state index contributed by atoms with van der Waals surface area (Å²) in [6.07, 6.45) is -7.39. The van der Waals surface area contributed by atoms with Crippen molar-refractivity contribution in [2.24, 2.45) is 0 Å². The largest absolute Gasteiger partial charge is 0.416 e. The van der Waals surface area contributed by atoms with Gasteiger partial charge in [0.15, 0.2) is 6.10 Å². The highest BCUT2D eigenvalue weighted by Crippen LogP contribution is 2.25. The molecule has 0 radical (unpaired) electrons. The summed E-state index contributed by atoms with van der Waals surface area (Å²) in [5.41, 5.74) is 0.240. The fourth-order valence-corrected chi connectivity index (χ4v) is 1.78. The minimum atomic E-state index is -4.78. The molecule has 1 unspecified atom stereocenters. The summed E-state index contributed by atoms with van der Waals surface area (Å²) in [5.74, 6) is 0. The molecule has 1 atom stereocenters. The Bertz CT molecular complexity index is 471. The lowest BCUT2D eigenvalue weighted by atomic mass is 10.3. The summed E-state index contributed by atoms with van der Waals surface area (Å²) in [6, 6.07) is 3.70. The van der Waals surface area contributed by atoms with Crippen LogP contribution >= 0.6 is 27.5 Å². The SMILES string of the molecule is O=C(NCC(O)C(F)(F)F)Nc1ccc(Br)cc1Cl. The van der Waals surface area contributed by atoms with Gasteiger partial charge < -0.3 is 15.7 Å². The van der Waals surface area contributed by atoms with E-state index in [1.165, 1.54) is 12.1 Å². The molecule has 0 aliphatic rings. The molecule has 1 aromatic rings. The molecule has 106 valence electrons. The summed E-state index contributed by atoms with van der Waals surface area (Å²) < 4.78 is 36.7. The van der Waals surface area contributed by atoms with E-state index in [1.54, 1.807) is 6.07 Å². The van der Waals surface area contributed by atoms with Crippen LogP contribution in [0.1, 0.15) is 0 Å². The van der Waals surface area contributed by atoms with E-state index in [0.29, 0.717) is 4.47 Å². The molecular weight excluding hydrogens is 352 g/mol. The number of aliphatic hydroxyl groups is 1. The number of carbonyl (C=O) groups excluding carboxylic acids is 1. The maximum Gasteiger partial charge on any atom is 0.416 e. The molecule has 0 aliphatic carbocycles. The predicted molar refractivity (Wildman–Crippen MR) is 68.2 cm³/mol. The van der Waals surface area contributed by atoms with Gasteiger partial charge in [-0.3, -0.25) is 0 Å². The number of benzene rings is 1. The number of carbonyl (C=O) groups is 1. The molecule has 3 N–H and O–H groups in total. The number of urea groups is 1. The third kappa shape index (κ3) is 5.25. The van der Waals surface area contributed by atoms with Gasteiger partial charge in [0, 0.05) is 4.47 Å².